The van der Waals surface area contributed by atoms with E-state index in [1.54, 1.807) is 0 Å². The van der Waals surface area contributed by atoms with Gasteiger partial charge < -0.3 is 5.73 Å². The van der Waals surface area contributed by atoms with E-state index in [1.165, 1.54) is 12.7 Å². The molecule has 1 fully saturated rings. The van der Waals surface area contributed by atoms with E-state index in [0.29, 0.717) is 13.1 Å². The molecular formula is C9H20N2O2S. The number of likely N-dealkylation sites (N-methyl/N-ethyl adjacent to an activating group) is 1. The normalized spacial score (nSPS) is 20.9. The molecule has 0 amide bonds. The van der Waals surface area contributed by atoms with Crippen LogP contribution in [-0.2, 0) is 9.84 Å². The number of nitrogens with two attached hydrogens (primary N) is 1. The molecule has 2 N–H and O–H groups in total. The van der Waals surface area contributed by atoms with Gasteiger partial charge in [-0.1, -0.05) is 0 Å². The molecule has 5 heteroatoms. The third-order valence-electron chi connectivity index (χ3n) is 3.27. The quantitative estimate of drug-likeness (QED) is 0.699. The van der Waals surface area contributed by atoms with Crippen LogP contribution >= 0.6 is 0 Å². The molecule has 0 saturated heterocycles. The highest BCUT2D eigenvalue weighted by Crippen LogP contribution is 2.35. The third-order valence-corrected chi connectivity index (χ3v) is 4.20. The first-order valence-electron chi connectivity index (χ1n) is 4.99. The minimum absolute atomic E-state index is 0.0880. The van der Waals surface area contributed by atoms with Gasteiger partial charge in [0.2, 0.25) is 0 Å². The first kappa shape index (κ1) is 11.9. The molecule has 0 spiro atoms. The summed E-state index contributed by atoms with van der Waals surface area (Å²) in [5, 5.41) is 0. The Morgan fingerprint density at radius 3 is 2.29 bits per heavy atom. The van der Waals surface area contributed by atoms with Gasteiger partial charge in [-0.2, -0.15) is 0 Å². The highest BCUT2D eigenvalue weighted by atomic mass is 32.2. The summed E-state index contributed by atoms with van der Waals surface area (Å²) in [6.07, 6.45) is 4.69. The number of hydrogen-bond donors (Lipinski definition) is 1. The second-order valence-corrected chi connectivity index (χ2v) is 6.59. The smallest absolute Gasteiger partial charge is 0.148 e. The van der Waals surface area contributed by atoms with Crippen LogP contribution in [0, 0.1) is 0 Å². The average Bonchev–Trinajstić information content (AvgIpc) is 1.98. The highest BCUT2D eigenvalue weighted by Gasteiger charge is 2.39. The Hall–Kier alpha value is -0.130. The topological polar surface area (TPSA) is 63.4 Å². The zero-order valence-corrected chi connectivity index (χ0v) is 9.81. The molecule has 1 aliphatic carbocycles. The molecule has 1 saturated carbocycles. The second kappa shape index (κ2) is 4.16. The molecule has 0 unspecified atom stereocenters. The maximum Gasteiger partial charge on any atom is 0.148 e. The van der Waals surface area contributed by atoms with Gasteiger partial charge >= 0.3 is 0 Å². The van der Waals surface area contributed by atoms with E-state index in [9.17, 15) is 8.42 Å². The Bertz CT molecular complexity index is 278. The van der Waals surface area contributed by atoms with Crippen LogP contribution in [0.1, 0.15) is 19.3 Å². The third kappa shape index (κ3) is 2.68. The van der Waals surface area contributed by atoms with Crippen molar-refractivity contribution in [3.05, 3.63) is 0 Å². The average molecular weight is 220 g/mol. The molecular weight excluding hydrogens is 200 g/mol. The summed E-state index contributed by atoms with van der Waals surface area (Å²) in [5.74, 6) is 0.227. The lowest BCUT2D eigenvalue weighted by Gasteiger charge is -2.48. The SMILES string of the molecule is CN(CCS(C)(=O)=O)C1(CN)CCC1. The van der Waals surface area contributed by atoms with Crippen LogP contribution < -0.4 is 5.73 Å². The van der Waals surface area contributed by atoms with Gasteiger partial charge in [-0.25, -0.2) is 8.42 Å². The molecule has 1 rings (SSSR count). The van der Waals surface area contributed by atoms with Crippen LogP contribution in [-0.4, -0.2) is 51.0 Å². The van der Waals surface area contributed by atoms with E-state index in [1.807, 2.05) is 7.05 Å². The molecule has 0 radical (unpaired) electrons. The van der Waals surface area contributed by atoms with Crippen molar-refractivity contribution in [2.45, 2.75) is 24.8 Å². The number of sulfone groups is 1. The minimum atomic E-state index is -2.85. The molecule has 0 atom stereocenters. The van der Waals surface area contributed by atoms with Crippen LogP contribution in [0.4, 0.5) is 0 Å². The van der Waals surface area contributed by atoms with Gasteiger partial charge in [0.15, 0.2) is 0 Å². The fourth-order valence-corrected chi connectivity index (χ4v) is 2.47. The zero-order chi connectivity index (χ0) is 10.8. The van der Waals surface area contributed by atoms with Crippen molar-refractivity contribution >= 4 is 9.84 Å². The number of nitrogens with zero attached hydrogens (tertiary/aromatic N) is 1. The van der Waals surface area contributed by atoms with Crippen molar-refractivity contribution in [3.63, 3.8) is 0 Å². The van der Waals surface area contributed by atoms with Gasteiger partial charge in [0.1, 0.15) is 9.84 Å². The molecule has 0 aromatic rings. The molecule has 0 bridgehead atoms. The van der Waals surface area contributed by atoms with E-state index in [4.69, 9.17) is 5.73 Å². The molecule has 0 aromatic heterocycles. The van der Waals surface area contributed by atoms with Gasteiger partial charge in [0.05, 0.1) is 5.75 Å². The Kier molecular flexibility index (Phi) is 3.55. The summed E-state index contributed by atoms with van der Waals surface area (Å²) in [7, 11) is -0.885. The van der Waals surface area contributed by atoms with Crippen molar-refractivity contribution in [3.8, 4) is 0 Å². The van der Waals surface area contributed by atoms with E-state index < -0.39 is 9.84 Å². The lowest BCUT2D eigenvalue weighted by atomic mass is 9.75. The molecule has 0 aromatic carbocycles. The van der Waals surface area contributed by atoms with Crippen molar-refractivity contribution in [1.82, 2.24) is 4.90 Å². The van der Waals surface area contributed by atoms with Crippen LogP contribution in [0.15, 0.2) is 0 Å². The van der Waals surface area contributed by atoms with E-state index in [0.717, 1.165) is 12.8 Å². The predicted molar refractivity (Wildman–Crippen MR) is 58.0 cm³/mol. The monoisotopic (exact) mass is 220 g/mol. The Morgan fingerprint density at radius 2 is 2.00 bits per heavy atom. The fraction of sp³-hybridized carbons (Fsp3) is 1.00. The van der Waals surface area contributed by atoms with Crippen LogP contribution in [0.3, 0.4) is 0 Å². The first-order valence-corrected chi connectivity index (χ1v) is 7.05. The van der Waals surface area contributed by atoms with Crippen molar-refractivity contribution in [2.24, 2.45) is 5.73 Å². The van der Waals surface area contributed by atoms with Crippen molar-refractivity contribution < 1.29 is 8.42 Å². The van der Waals surface area contributed by atoms with Gasteiger partial charge in [0, 0.05) is 24.9 Å². The molecule has 84 valence electrons. The lowest BCUT2D eigenvalue weighted by Crippen LogP contribution is -2.57. The lowest BCUT2D eigenvalue weighted by molar-refractivity contribution is 0.0516. The Balaban J connectivity index is 2.45. The molecule has 14 heavy (non-hydrogen) atoms. The Labute approximate surface area is 86.4 Å². The summed E-state index contributed by atoms with van der Waals surface area (Å²) in [6, 6.07) is 0. The molecule has 0 aliphatic heterocycles. The molecule has 1 aliphatic rings. The summed E-state index contributed by atoms with van der Waals surface area (Å²) in [4.78, 5) is 2.11. The van der Waals surface area contributed by atoms with E-state index >= 15 is 0 Å². The molecule has 4 nitrogen and oxygen atoms in total. The maximum absolute atomic E-state index is 11.0. The van der Waals surface area contributed by atoms with E-state index in [2.05, 4.69) is 4.90 Å². The standard InChI is InChI=1S/C9H20N2O2S/c1-11(6-7-14(2,12)13)9(8-10)4-3-5-9/h3-8,10H2,1-2H3. The van der Waals surface area contributed by atoms with Gasteiger partial charge in [-0.3, -0.25) is 4.90 Å². The first-order chi connectivity index (χ1) is 6.40. The zero-order valence-electron chi connectivity index (χ0n) is 8.99. The minimum Gasteiger partial charge on any atom is -0.329 e. The molecule has 0 heterocycles. The number of hydrogen-bond acceptors (Lipinski definition) is 4. The summed E-state index contributed by atoms with van der Waals surface area (Å²) in [6.45, 7) is 1.23. The van der Waals surface area contributed by atoms with Crippen molar-refractivity contribution in [2.75, 3.05) is 32.1 Å². The largest absolute Gasteiger partial charge is 0.329 e. The predicted octanol–water partition coefficient (Wildman–Crippen LogP) is -0.156. The summed E-state index contributed by atoms with van der Waals surface area (Å²) < 4.78 is 22.0. The van der Waals surface area contributed by atoms with Gasteiger partial charge in [0.25, 0.3) is 0 Å². The van der Waals surface area contributed by atoms with E-state index in [-0.39, 0.29) is 11.3 Å². The van der Waals surface area contributed by atoms with Crippen LogP contribution in [0.25, 0.3) is 0 Å². The van der Waals surface area contributed by atoms with Gasteiger partial charge in [-0.05, 0) is 26.3 Å². The maximum atomic E-state index is 11.0. The fourth-order valence-electron chi connectivity index (χ4n) is 1.87. The Morgan fingerprint density at radius 1 is 1.43 bits per heavy atom. The van der Waals surface area contributed by atoms with Gasteiger partial charge in [-0.15, -0.1) is 0 Å². The second-order valence-electron chi connectivity index (χ2n) is 4.33. The van der Waals surface area contributed by atoms with Crippen molar-refractivity contribution in [1.29, 1.82) is 0 Å². The highest BCUT2D eigenvalue weighted by molar-refractivity contribution is 7.90. The van der Waals surface area contributed by atoms with Crippen LogP contribution in [0.2, 0.25) is 0 Å². The summed E-state index contributed by atoms with van der Waals surface area (Å²) >= 11 is 0. The summed E-state index contributed by atoms with van der Waals surface area (Å²) in [5.41, 5.74) is 5.81. The number of rotatable bonds is 5. The van der Waals surface area contributed by atoms with Crippen LogP contribution in [0.5, 0.6) is 0 Å².